The molecule has 0 atom stereocenters. The van der Waals surface area contributed by atoms with Gasteiger partial charge in [-0.25, -0.2) is 0 Å². The number of ether oxygens (including phenoxy) is 1. The third-order valence-electron chi connectivity index (χ3n) is 3.47. The standard InChI is InChI=1S/C14H17BrN2O2/c1-17(10-14(18)5-7-19-8-6-14)13-4-2-3-12(15)11(13)9-16/h2-4,18H,5-8,10H2,1H3. The highest BCUT2D eigenvalue weighted by Crippen LogP contribution is 2.29. The minimum atomic E-state index is -0.734. The van der Waals surface area contributed by atoms with Crippen LogP contribution in [0.15, 0.2) is 22.7 Å². The van der Waals surface area contributed by atoms with Crippen LogP contribution in [-0.4, -0.2) is 37.5 Å². The zero-order valence-electron chi connectivity index (χ0n) is 10.9. The van der Waals surface area contributed by atoms with Crippen molar-refractivity contribution in [2.75, 3.05) is 31.7 Å². The topological polar surface area (TPSA) is 56.5 Å². The average Bonchev–Trinajstić information content (AvgIpc) is 2.38. The molecule has 1 aliphatic heterocycles. The van der Waals surface area contributed by atoms with E-state index in [0.717, 1.165) is 10.2 Å². The number of hydrogen-bond donors (Lipinski definition) is 1. The molecule has 0 bridgehead atoms. The molecule has 5 heteroatoms. The lowest BCUT2D eigenvalue weighted by Gasteiger charge is -2.36. The van der Waals surface area contributed by atoms with Gasteiger partial charge in [-0.2, -0.15) is 5.26 Å². The van der Waals surface area contributed by atoms with E-state index in [2.05, 4.69) is 22.0 Å². The van der Waals surface area contributed by atoms with Gasteiger partial charge >= 0.3 is 0 Å². The van der Waals surface area contributed by atoms with E-state index in [1.165, 1.54) is 0 Å². The van der Waals surface area contributed by atoms with Crippen LogP contribution >= 0.6 is 15.9 Å². The lowest BCUT2D eigenvalue weighted by Crippen LogP contribution is -2.45. The van der Waals surface area contributed by atoms with E-state index >= 15 is 0 Å². The summed E-state index contributed by atoms with van der Waals surface area (Å²) in [4.78, 5) is 1.94. The quantitative estimate of drug-likeness (QED) is 0.926. The molecular weight excluding hydrogens is 308 g/mol. The fourth-order valence-electron chi connectivity index (χ4n) is 2.38. The van der Waals surface area contributed by atoms with E-state index in [0.29, 0.717) is 38.2 Å². The van der Waals surface area contributed by atoms with E-state index in [-0.39, 0.29) is 0 Å². The van der Waals surface area contributed by atoms with E-state index < -0.39 is 5.60 Å². The predicted octanol–water partition coefficient (Wildman–Crippen LogP) is 2.30. The first-order valence-corrected chi connectivity index (χ1v) is 7.05. The van der Waals surface area contributed by atoms with Crippen molar-refractivity contribution in [2.45, 2.75) is 18.4 Å². The Kier molecular flexibility index (Phi) is 4.46. The van der Waals surface area contributed by atoms with Crippen molar-refractivity contribution in [2.24, 2.45) is 0 Å². The monoisotopic (exact) mass is 324 g/mol. The van der Waals surface area contributed by atoms with Gasteiger partial charge in [0.15, 0.2) is 0 Å². The van der Waals surface area contributed by atoms with Gasteiger partial charge in [0.05, 0.1) is 16.9 Å². The number of hydrogen-bond acceptors (Lipinski definition) is 4. The van der Waals surface area contributed by atoms with Crippen molar-refractivity contribution in [1.29, 1.82) is 5.26 Å². The molecule has 0 amide bonds. The Morgan fingerprint density at radius 1 is 1.47 bits per heavy atom. The van der Waals surface area contributed by atoms with Crippen molar-refractivity contribution in [1.82, 2.24) is 0 Å². The average molecular weight is 325 g/mol. The van der Waals surface area contributed by atoms with Crippen LogP contribution in [0.1, 0.15) is 18.4 Å². The van der Waals surface area contributed by atoms with E-state index in [9.17, 15) is 10.4 Å². The van der Waals surface area contributed by atoms with Crippen molar-refractivity contribution < 1.29 is 9.84 Å². The molecule has 0 unspecified atom stereocenters. The van der Waals surface area contributed by atoms with Crippen molar-refractivity contribution >= 4 is 21.6 Å². The molecule has 19 heavy (non-hydrogen) atoms. The van der Waals surface area contributed by atoms with Crippen LogP contribution in [0.3, 0.4) is 0 Å². The lowest BCUT2D eigenvalue weighted by molar-refractivity contribution is -0.0572. The fraction of sp³-hybridized carbons (Fsp3) is 0.500. The molecule has 0 aromatic heterocycles. The normalized spacial score (nSPS) is 17.8. The summed E-state index contributed by atoms with van der Waals surface area (Å²) in [6.45, 7) is 1.68. The molecule has 2 rings (SSSR count). The summed E-state index contributed by atoms with van der Waals surface area (Å²) in [5, 5.41) is 19.7. The maximum Gasteiger partial charge on any atom is 0.103 e. The number of benzene rings is 1. The lowest BCUT2D eigenvalue weighted by atomic mass is 9.93. The van der Waals surface area contributed by atoms with Gasteiger partial charge in [0.2, 0.25) is 0 Å². The highest BCUT2D eigenvalue weighted by Gasteiger charge is 2.31. The minimum Gasteiger partial charge on any atom is -0.388 e. The molecule has 0 aliphatic carbocycles. The van der Waals surface area contributed by atoms with Crippen LogP contribution in [0.5, 0.6) is 0 Å². The predicted molar refractivity (Wildman–Crippen MR) is 77.1 cm³/mol. The number of nitrogens with zero attached hydrogens (tertiary/aromatic N) is 2. The number of rotatable bonds is 3. The molecule has 0 saturated carbocycles. The second-order valence-electron chi connectivity index (χ2n) is 4.94. The molecule has 1 N–H and O–H groups in total. The summed E-state index contributed by atoms with van der Waals surface area (Å²) in [6.07, 6.45) is 1.26. The molecule has 1 aliphatic rings. The van der Waals surface area contributed by atoms with Gasteiger partial charge in [0.25, 0.3) is 0 Å². The second-order valence-corrected chi connectivity index (χ2v) is 5.79. The molecular formula is C14H17BrN2O2. The van der Waals surface area contributed by atoms with Gasteiger partial charge in [0, 0.05) is 44.1 Å². The van der Waals surface area contributed by atoms with E-state index in [4.69, 9.17) is 4.74 Å². The highest BCUT2D eigenvalue weighted by atomic mass is 79.9. The van der Waals surface area contributed by atoms with E-state index in [1.807, 2.05) is 30.1 Å². The summed E-state index contributed by atoms with van der Waals surface area (Å²) < 4.78 is 6.05. The molecule has 1 aromatic rings. The first kappa shape index (κ1) is 14.3. The fourth-order valence-corrected chi connectivity index (χ4v) is 2.82. The van der Waals surface area contributed by atoms with Gasteiger partial charge in [0.1, 0.15) is 6.07 Å². The Balaban J connectivity index is 2.18. The van der Waals surface area contributed by atoms with Gasteiger partial charge in [-0.1, -0.05) is 6.07 Å². The second kappa shape index (κ2) is 5.91. The Hall–Kier alpha value is -1.09. The third-order valence-corrected chi connectivity index (χ3v) is 4.13. The smallest absolute Gasteiger partial charge is 0.103 e. The van der Waals surface area contributed by atoms with Crippen LogP contribution in [0, 0.1) is 11.3 Å². The number of likely N-dealkylation sites (N-methyl/N-ethyl adjacent to an activating group) is 1. The highest BCUT2D eigenvalue weighted by molar-refractivity contribution is 9.10. The summed E-state index contributed by atoms with van der Waals surface area (Å²) in [7, 11) is 1.90. The van der Waals surface area contributed by atoms with Crippen LogP contribution in [0.2, 0.25) is 0 Å². The zero-order valence-corrected chi connectivity index (χ0v) is 12.5. The summed E-state index contributed by atoms with van der Waals surface area (Å²) in [6, 6.07) is 7.83. The zero-order chi connectivity index (χ0) is 13.9. The van der Waals surface area contributed by atoms with Gasteiger partial charge in [-0.05, 0) is 28.1 Å². The molecule has 102 valence electrons. The number of aliphatic hydroxyl groups is 1. The molecule has 1 fully saturated rings. The van der Waals surface area contributed by atoms with Gasteiger partial charge in [-0.3, -0.25) is 0 Å². The SMILES string of the molecule is CN(CC1(O)CCOCC1)c1cccc(Br)c1C#N. The molecule has 1 saturated heterocycles. The van der Waals surface area contributed by atoms with Gasteiger partial charge < -0.3 is 14.7 Å². The van der Waals surface area contributed by atoms with Gasteiger partial charge in [-0.15, -0.1) is 0 Å². The Labute approximate surface area is 121 Å². The van der Waals surface area contributed by atoms with Crippen LogP contribution in [0.25, 0.3) is 0 Å². The van der Waals surface area contributed by atoms with Crippen molar-refractivity contribution in [3.05, 3.63) is 28.2 Å². The van der Waals surface area contributed by atoms with E-state index in [1.54, 1.807) is 0 Å². The van der Waals surface area contributed by atoms with Crippen LogP contribution < -0.4 is 4.90 Å². The molecule has 1 heterocycles. The largest absolute Gasteiger partial charge is 0.388 e. The molecule has 1 aromatic carbocycles. The summed E-state index contributed by atoms with van der Waals surface area (Å²) in [5.41, 5.74) is 0.694. The number of anilines is 1. The molecule has 4 nitrogen and oxygen atoms in total. The number of halogens is 1. The maximum absolute atomic E-state index is 10.5. The minimum absolute atomic E-state index is 0.501. The first-order chi connectivity index (χ1) is 9.06. The summed E-state index contributed by atoms with van der Waals surface area (Å²) in [5.74, 6) is 0. The van der Waals surface area contributed by atoms with Crippen molar-refractivity contribution in [3.8, 4) is 6.07 Å². The van der Waals surface area contributed by atoms with Crippen LogP contribution in [0.4, 0.5) is 5.69 Å². The first-order valence-electron chi connectivity index (χ1n) is 6.26. The van der Waals surface area contributed by atoms with Crippen LogP contribution in [-0.2, 0) is 4.74 Å². The Bertz CT molecular complexity index is 493. The number of nitriles is 1. The maximum atomic E-state index is 10.5. The van der Waals surface area contributed by atoms with Crippen molar-refractivity contribution in [3.63, 3.8) is 0 Å². The Morgan fingerprint density at radius 2 is 2.16 bits per heavy atom. The molecule has 0 spiro atoms. The third kappa shape index (κ3) is 3.27. The summed E-state index contributed by atoms with van der Waals surface area (Å²) >= 11 is 3.38. The molecule has 0 radical (unpaired) electrons. The Morgan fingerprint density at radius 3 is 2.79 bits per heavy atom.